The second-order valence-electron chi connectivity index (χ2n) is 6.25. The number of aromatic nitrogens is 3. The Morgan fingerprint density at radius 3 is 2.71 bits per heavy atom. The zero-order valence-electron chi connectivity index (χ0n) is 15.7. The standard InChI is InChI=1S/C19H19N3O5S/c1-10-17(12(3)23)11(2)20-18(10)13(24)9-26-16(25)7-6-15-21-19(22-27-15)14-5-4-8-28-14/h4-5,8,20H,6-7,9H2,1-3H3. The maximum absolute atomic E-state index is 12.3. The maximum Gasteiger partial charge on any atom is 0.306 e. The van der Waals surface area contributed by atoms with Gasteiger partial charge in [-0.1, -0.05) is 11.2 Å². The number of H-pyrrole nitrogens is 1. The van der Waals surface area contributed by atoms with Gasteiger partial charge in [-0.2, -0.15) is 4.98 Å². The fourth-order valence-electron chi connectivity index (χ4n) is 2.92. The highest BCUT2D eigenvalue weighted by atomic mass is 32.1. The summed E-state index contributed by atoms with van der Waals surface area (Å²) in [7, 11) is 0. The third-order valence-corrected chi connectivity index (χ3v) is 5.05. The normalized spacial score (nSPS) is 10.8. The molecule has 0 radical (unpaired) electrons. The number of esters is 1. The van der Waals surface area contributed by atoms with E-state index in [2.05, 4.69) is 15.1 Å². The molecular formula is C19H19N3O5S. The van der Waals surface area contributed by atoms with E-state index in [1.165, 1.54) is 18.3 Å². The third-order valence-electron chi connectivity index (χ3n) is 4.19. The van der Waals surface area contributed by atoms with Gasteiger partial charge in [0.25, 0.3) is 0 Å². The first-order valence-corrected chi connectivity index (χ1v) is 9.50. The fourth-order valence-corrected chi connectivity index (χ4v) is 3.57. The Morgan fingerprint density at radius 2 is 2.07 bits per heavy atom. The zero-order valence-corrected chi connectivity index (χ0v) is 16.5. The topological polar surface area (TPSA) is 115 Å². The van der Waals surface area contributed by atoms with Crippen molar-refractivity contribution in [2.24, 2.45) is 0 Å². The number of carbonyl (C=O) groups excluding carboxylic acids is 3. The molecule has 3 rings (SSSR count). The lowest BCUT2D eigenvalue weighted by atomic mass is 10.1. The summed E-state index contributed by atoms with van der Waals surface area (Å²) in [5, 5.41) is 5.78. The molecule has 146 valence electrons. The van der Waals surface area contributed by atoms with Crippen LogP contribution in [0.1, 0.15) is 51.3 Å². The fraction of sp³-hybridized carbons (Fsp3) is 0.316. The number of nitrogens with zero attached hydrogens (tertiary/aromatic N) is 2. The summed E-state index contributed by atoms with van der Waals surface area (Å²) in [6.45, 7) is 4.46. The number of nitrogens with one attached hydrogen (secondary N) is 1. The summed E-state index contributed by atoms with van der Waals surface area (Å²) in [5.74, 6) is -0.249. The van der Waals surface area contributed by atoms with Crippen molar-refractivity contribution in [1.29, 1.82) is 0 Å². The van der Waals surface area contributed by atoms with E-state index in [1.54, 1.807) is 13.8 Å². The number of thiophene rings is 1. The molecule has 0 unspecified atom stereocenters. The number of hydrogen-bond donors (Lipinski definition) is 1. The molecule has 0 fully saturated rings. The molecule has 0 atom stereocenters. The Labute approximate surface area is 164 Å². The van der Waals surface area contributed by atoms with Crippen molar-refractivity contribution in [3.63, 3.8) is 0 Å². The minimum Gasteiger partial charge on any atom is -0.457 e. The van der Waals surface area contributed by atoms with Crippen LogP contribution in [0.25, 0.3) is 10.7 Å². The lowest BCUT2D eigenvalue weighted by molar-refractivity contribution is -0.142. The van der Waals surface area contributed by atoms with Gasteiger partial charge in [-0.3, -0.25) is 14.4 Å². The SMILES string of the molecule is CC(=O)c1c(C)[nH]c(C(=O)COC(=O)CCc2nc(-c3cccs3)no2)c1C. The molecule has 3 aromatic rings. The lowest BCUT2D eigenvalue weighted by Crippen LogP contribution is -2.15. The van der Waals surface area contributed by atoms with E-state index in [1.807, 2.05) is 17.5 Å². The minimum atomic E-state index is -0.544. The molecule has 0 aromatic carbocycles. The van der Waals surface area contributed by atoms with Crippen LogP contribution in [-0.4, -0.2) is 39.3 Å². The van der Waals surface area contributed by atoms with Gasteiger partial charge in [-0.25, -0.2) is 0 Å². The van der Waals surface area contributed by atoms with Crippen LogP contribution in [0.3, 0.4) is 0 Å². The smallest absolute Gasteiger partial charge is 0.306 e. The number of ether oxygens (including phenoxy) is 1. The molecular weight excluding hydrogens is 382 g/mol. The number of ketones is 2. The van der Waals surface area contributed by atoms with E-state index < -0.39 is 12.6 Å². The number of Topliss-reactive ketones (excluding diaryl/α,β-unsaturated/α-hetero) is 2. The van der Waals surface area contributed by atoms with Gasteiger partial charge in [0.1, 0.15) is 0 Å². The van der Waals surface area contributed by atoms with Gasteiger partial charge in [-0.15, -0.1) is 11.3 Å². The molecule has 28 heavy (non-hydrogen) atoms. The average Bonchev–Trinajstić information content (AvgIpc) is 3.37. The van der Waals surface area contributed by atoms with Crippen molar-refractivity contribution in [1.82, 2.24) is 15.1 Å². The predicted molar refractivity (Wildman–Crippen MR) is 101 cm³/mol. The summed E-state index contributed by atoms with van der Waals surface area (Å²) in [6.07, 6.45) is 0.237. The van der Waals surface area contributed by atoms with E-state index in [0.717, 1.165) is 4.88 Å². The monoisotopic (exact) mass is 401 g/mol. The Bertz CT molecular complexity index is 1020. The lowest BCUT2D eigenvalue weighted by Gasteiger charge is -2.03. The number of carbonyl (C=O) groups is 3. The molecule has 0 aliphatic heterocycles. The van der Waals surface area contributed by atoms with Gasteiger partial charge >= 0.3 is 5.97 Å². The molecule has 0 saturated heterocycles. The molecule has 0 amide bonds. The van der Waals surface area contributed by atoms with Crippen LogP contribution in [0.2, 0.25) is 0 Å². The largest absolute Gasteiger partial charge is 0.457 e. The van der Waals surface area contributed by atoms with Gasteiger partial charge in [0.15, 0.2) is 12.4 Å². The highest BCUT2D eigenvalue weighted by Crippen LogP contribution is 2.22. The van der Waals surface area contributed by atoms with E-state index in [0.29, 0.717) is 28.5 Å². The highest BCUT2D eigenvalue weighted by molar-refractivity contribution is 7.13. The quantitative estimate of drug-likeness (QED) is 0.455. The van der Waals surface area contributed by atoms with E-state index in [9.17, 15) is 14.4 Å². The van der Waals surface area contributed by atoms with Crippen LogP contribution in [0, 0.1) is 13.8 Å². The van der Waals surface area contributed by atoms with Crippen LogP contribution < -0.4 is 0 Å². The summed E-state index contributed by atoms with van der Waals surface area (Å²) >= 11 is 1.49. The first-order chi connectivity index (χ1) is 13.4. The minimum absolute atomic E-state index is 0.0147. The Kier molecular flexibility index (Phi) is 5.84. The molecule has 3 heterocycles. The number of aryl methyl sites for hydroxylation is 2. The molecule has 0 aliphatic carbocycles. The average molecular weight is 401 g/mol. The zero-order chi connectivity index (χ0) is 20.3. The molecule has 1 N–H and O–H groups in total. The van der Waals surface area contributed by atoms with Crippen molar-refractivity contribution in [2.45, 2.75) is 33.6 Å². The maximum atomic E-state index is 12.3. The van der Waals surface area contributed by atoms with Gasteiger partial charge in [0, 0.05) is 17.7 Å². The number of aromatic amines is 1. The molecule has 9 heteroatoms. The van der Waals surface area contributed by atoms with E-state index >= 15 is 0 Å². The second-order valence-corrected chi connectivity index (χ2v) is 7.20. The van der Waals surface area contributed by atoms with Crippen molar-refractivity contribution < 1.29 is 23.6 Å². The molecule has 8 nitrogen and oxygen atoms in total. The van der Waals surface area contributed by atoms with Crippen molar-refractivity contribution in [3.8, 4) is 10.7 Å². The van der Waals surface area contributed by atoms with Crippen molar-refractivity contribution in [2.75, 3.05) is 6.61 Å². The summed E-state index contributed by atoms with van der Waals surface area (Å²) < 4.78 is 10.2. The predicted octanol–water partition coefficient (Wildman–Crippen LogP) is 3.30. The van der Waals surface area contributed by atoms with Crippen LogP contribution in [0.4, 0.5) is 0 Å². The number of hydrogen-bond acceptors (Lipinski definition) is 8. The van der Waals surface area contributed by atoms with Crippen LogP contribution in [-0.2, 0) is 16.0 Å². The Balaban J connectivity index is 1.51. The first-order valence-electron chi connectivity index (χ1n) is 8.62. The van der Waals surface area contributed by atoms with Gasteiger partial charge in [0.2, 0.25) is 17.5 Å². The third kappa shape index (κ3) is 4.25. The summed E-state index contributed by atoms with van der Waals surface area (Å²) in [6, 6.07) is 3.76. The van der Waals surface area contributed by atoms with Crippen LogP contribution in [0.15, 0.2) is 22.0 Å². The first kappa shape index (κ1) is 19.7. The number of rotatable bonds is 8. The van der Waals surface area contributed by atoms with Crippen molar-refractivity contribution >= 4 is 28.9 Å². The van der Waals surface area contributed by atoms with E-state index in [4.69, 9.17) is 9.26 Å². The van der Waals surface area contributed by atoms with Crippen LogP contribution >= 0.6 is 11.3 Å². The van der Waals surface area contributed by atoms with Gasteiger partial charge < -0.3 is 14.2 Å². The van der Waals surface area contributed by atoms with Gasteiger partial charge in [0.05, 0.1) is 17.0 Å². The molecule has 0 spiro atoms. The molecule has 0 saturated carbocycles. The molecule has 0 aliphatic rings. The Morgan fingerprint density at radius 1 is 1.29 bits per heavy atom. The molecule has 3 aromatic heterocycles. The molecule has 0 bridgehead atoms. The van der Waals surface area contributed by atoms with E-state index in [-0.39, 0.29) is 30.1 Å². The summed E-state index contributed by atoms with van der Waals surface area (Å²) in [4.78, 5) is 43.9. The highest BCUT2D eigenvalue weighted by Gasteiger charge is 2.21. The second kappa shape index (κ2) is 8.30. The van der Waals surface area contributed by atoms with Crippen LogP contribution in [0.5, 0.6) is 0 Å². The van der Waals surface area contributed by atoms with Gasteiger partial charge in [-0.05, 0) is 37.8 Å². The summed E-state index contributed by atoms with van der Waals surface area (Å²) in [5.41, 5.74) is 1.97. The van der Waals surface area contributed by atoms with Crippen molar-refractivity contribution in [3.05, 3.63) is 45.9 Å². The Hall–Kier alpha value is -3.07.